The average Bonchev–Trinajstić information content (AvgIpc) is 2.38. The van der Waals surface area contributed by atoms with Gasteiger partial charge in [0.1, 0.15) is 0 Å². The van der Waals surface area contributed by atoms with E-state index in [9.17, 15) is 13.2 Å². The van der Waals surface area contributed by atoms with Crippen LogP contribution in [0.15, 0.2) is 0 Å². The summed E-state index contributed by atoms with van der Waals surface area (Å²) in [5.74, 6) is -0.257. The second-order valence-electron chi connectivity index (χ2n) is 4.02. The van der Waals surface area contributed by atoms with Gasteiger partial charge in [-0.1, -0.05) is 6.92 Å². The highest BCUT2D eigenvalue weighted by Crippen LogP contribution is 2.02. The molecule has 1 rings (SSSR count). The molecule has 8 heteroatoms. The lowest BCUT2D eigenvalue weighted by atomic mass is 10.3. The van der Waals surface area contributed by atoms with Gasteiger partial charge in [0, 0.05) is 26.2 Å². The van der Waals surface area contributed by atoms with Crippen molar-refractivity contribution in [2.75, 3.05) is 32.7 Å². The largest absolute Gasteiger partial charge is 0.339 e. The molecule has 1 saturated heterocycles. The number of nitrogens with zero attached hydrogens (tertiary/aromatic N) is 2. The molecule has 1 aliphatic rings. The first kappa shape index (κ1) is 14.9. The lowest BCUT2D eigenvalue weighted by Gasteiger charge is -2.27. The molecule has 102 valence electrons. The summed E-state index contributed by atoms with van der Waals surface area (Å²) in [6, 6.07) is 1.71. The Morgan fingerprint density at radius 1 is 1.50 bits per heavy atom. The highest BCUT2D eigenvalue weighted by atomic mass is 32.2. The third-order valence-electron chi connectivity index (χ3n) is 2.78. The SMILES string of the molecule is CCC(C#N)S(=O)(=O)NCC(=O)N1CCNCC1. The topological polar surface area (TPSA) is 102 Å². The highest BCUT2D eigenvalue weighted by molar-refractivity contribution is 7.90. The van der Waals surface area contributed by atoms with Crippen molar-refractivity contribution < 1.29 is 13.2 Å². The summed E-state index contributed by atoms with van der Waals surface area (Å²) in [7, 11) is -3.73. The number of nitriles is 1. The Hall–Kier alpha value is -1.17. The van der Waals surface area contributed by atoms with Crippen molar-refractivity contribution >= 4 is 15.9 Å². The van der Waals surface area contributed by atoms with Crippen LogP contribution in [0.4, 0.5) is 0 Å². The minimum atomic E-state index is -3.73. The van der Waals surface area contributed by atoms with Crippen molar-refractivity contribution in [3.63, 3.8) is 0 Å². The summed E-state index contributed by atoms with van der Waals surface area (Å²) in [5, 5.41) is 10.7. The van der Waals surface area contributed by atoms with Crippen LogP contribution < -0.4 is 10.0 Å². The van der Waals surface area contributed by atoms with Gasteiger partial charge in [0.05, 0.1) is 12.6 Å². The van der Waals surface area contributed by atoms with Crippen molar-refractivity contribution in [1.29, 1.82) is 5.26 Å². The van der Waals surface area contributed by atoms with Crippen LogP contribution in [0.2, 0.25) is 0 Å². The molecule has 0 aliphatic carbocycles. The van der Waals surface area contributed by atoms with Gasteiger partial charge in [0.15, 0.2) is 5.25 Å². The minimum absolute atomic E-state index is 0.202. The van der Waals surface area contributed by atoms with Crippen molar-refractivity contribution in [3.05, 3.63) is 0 Å². The van der Waals surface area contributed by atoms with E-state index in [2.05, 4.69) is 10.0 Å². The Labute approximate surface area is 107 Å². The van der Waals surface area contributed by atoms with Crippen LogP contribution in [-0.4, -0.2) is 57.2 Å². The lowest BCUT2D eigenvalue weighted by molar-refractivity contribution is -0.130. The van der Waals surface area contributed by atoms with E-state index >= 15 is 0 Å². The molecule has 0 bridgehead atoms. The molecule has 1 amide bonds. The molecule has 0 aromatic heterocycles. The molecule has 1 unspecified atom stereocenters. The van der Waals surface area contributed by atoms with Crippen LogP contribution in [-0.2, 0) is 14.8 Å². The summed E-state index contributed by atoms with van der Waals surface area (Å²) in [6.45, 7) is 3.93. The third kappa shape index (κ3) is 3.94. The van der Waals surface area contributed by atoms with E-state index in [0.717, 1.165) is 0 Å². The molecular formula is C10H18N4O3S. The van der Waals surface area contributed by atoms with E-state index in [4.69, 9.17) is 5.26 Å². The Morgan fingerprint density at radius 3 is 2.61 bits per heavy atom. The molecule has 1 atom stereocenters. The first-order valence-corrected chi connectivity index (χ1v) is 7.42. The third-order valence-corrected chi connectivity index (χ3v) is 4.52. The van der Waals surface area contributed by atoms with Crippen molar-refractivity contribution in [3.8, 4) is 6.07 Å². The quantitative estimate of drug-likeness (QED) is 0.644. The van der Waals surface area contributed by atoms with Crippen molar-refractivity contribution in [2.24, 2.45) is 0 Å². The van der Waals surface area contributed by atoms with E-state index in [-0.39, 0.29) is 18.9 Å². The van der Waals surface area contributed by atoms with Gasteiger partial charge in [-0.2, -0.15) is 5.26 Å². The molecule has 0 radical (unpaired) electrons. The molecule has 7 nitrogen and oxygen atoms in total. The van der Waals surface area contributed by atoms with E-state index in [1.54, 1.807) is 17.9 Å². The van der Waals surface area contributed by atoms with Crippen LogP contribution in [0.25, 0.3) is 0 Å². The standard InChI is InChI=1S/C10H18N4O3S/c1-2-9(7-11)18(16,17)13-8-10(15)14-5-3-12-4-6-14/h9,12-13H,2-6,8H2,1H3. The number of nitrogens with one attached hydrogen (secondary N) is 2. The monoisotopic (exact) mass is 274 g/mol. The van der Waals surface area contributed by atoms with Crippen LogP contribution in [0.1, 0.15) is 13.3 Å². The molecule has 0 aromatic rings. The number of piperazine rings is 1. The predicted octanol–water partition coefficient (Wildman–Crippen LogP) is -1.36. The predicted molar refractivity (Wildman–Crippen MR) is 66.1 cm³/mol. The first-order chi connectivity index (χ1) is 8.51. The average molecular weight is 274 g/mol. The molecule has 0 aromatic carbocycles. The first-order valence-electron chi connectivity index (χ1n) is 5.88. The minimum Gasteiger partial charge on any atom is -0.339 e. The van der Waals surface area contributed by atoms with Gasteiger partial charge in [-0.3, -0.25) is 4.79 Å². The molecule has 0 spiro atoms. The second-order valence-corrected chi connectivity index (χ2v) is 5.97. The summed E-state index contributed by atoms with van der Waals surface area (Å²) in [5.41, 5.74) is 0. The van der Waals surface area contributed by atoms with Gasteiger partial charge in [-0.15, -0.1) is 0 Å². The summed E-state index contributed by atoms with van der Waals surface area (Å²) >= 11 is 0. The molecule has 18 heavy (non-hydrogen) atoms. The molecule has 1 heterocycles. The number of amides is 1. The lowest BCUT2D eigenvalue weighted by Crippen LogP contribution is -2.50. The molecule has 1 fully saturated rings. The molecule has 1 aliphatic heterocycles. The van der Waals surface area contributed by atoms with Gasteiger partial charge in [-0.05, 0) is 6.42 Å². The van der Waals surface area contributed by atoms with Gasteiger partial charge in [0.25, 0.3) is 0 Å². The zero-order valence-electron chi connectivity index (χ0n) is 10.3. The Bertz CT molecular complexity index is 423. The number of carbonyl (C=O) groups excluding carboxylic acids is 1. The van der Waals surface area contributed by atoms with Gasteiger partial charge in [0.2, 0.25) is 15.9 Å². The Morgan fingerprint density at radius 2 is 2.11 bits per heavy atom. The van der Waals surface area contributed by atoms with Crippen molar-refractivity contribution in [2.45, 2.75) is 18.6 Å². The van der Waals surface area contributed by atoms with Gasteiger partial charge in [-0.25, -0.2) is 13.1 Å². The number of hydrogen-bond donors (Lipinski definition) is 2. The zero-order chi connectivity index (χ0) is 13.6. The Balaban J connectivity index is 2.49. The fourth-order valence-electron chi connectivity index (χ4n) is 1.67. The number of hydrogen-bond acceptors (Lipinski definition) is 5. The van der Waals surface area contributed by atoms with Gasteiger partial charge < -0.3 is 10.2 Å². The fourth-order valence-corrected chi connectivity index (χ4v) is 2.77. The molecule has 2 N–H and O–H groups in total. The second kappa shape index (κ2) is 6.68. The zero-order valence-corrected chi connectivity index (χ0v) is 11.2. The highest BCUT2D eigenvalue weighted by Gasteiger charge is 2.25. The normalized spacial score (nSPS) is 18.1. The van der Waals surface area contributed by atoms with Crippen LogP contribution >= 0.6 is 0 Å². The van der Waals surface area contributed by atoms with Crippen molar-refractivity contribution in [1.82, 2.24) is 14.9 Å². The maximum atomic E-state index is 11.7. The number of carbonyl (C=O) groups is 1. The summed E-state index contributed by atoms with van der Waals surface area (Å²) < 4.78 is 25.5. The summed E-state index contributed by atoms with van der Waals surface area (Å²) in [6.07, 6.45) is 0.202. The van der Waals surface area contributed by atoms with E-state index in [0.29, 0.717) is 26.2 Å². The maximum absolute atomic E-state index is 11.7. The van der Waals surface area contributed by atoms with E-state index < -0.39 is 15.3 Å². The van der Waals surface area contributed by atoms with E-state index in [1.165, 1.54) is 0 Å². The molecule has 0 saturated carbocycles. The van der Waals surface area contributed by atoms with Crippen LogP contribution in [0.5, 0.6) is 0 Å². The van der Waals surface area contributed by atoms with E-state index in [1.807, 2.05) is 0 Å². The van der Waals surface area contributed by atoms with Gasteiger partial charge >= 0.3 is 0 Å². The molecular weight excluding hydrogens is 256 g/mol. The summed E-state index contributed by atoms with van der Waals surface area (Å²) in [4.78, 5) is 13.3. The Kier molecular flexibility index (Phi) is 5.53. The van der Waals surface area contributed by atoms with Crippen LogP contribution in [0, 0.1) is 11.3 Å². The maximum Gasteiger partial charge on any atom is 0.237 e. The van der Waals surface area contributed by atoms with Crippen LogP contribution in [0.3, 0.4) is 0 Å². The smallest absolute Gasteiger partial charge is 0.237 e. The number of rotatable bonds is 5. The fraction of sp³-hybridized carbons (Fsp3) is 0.800. The number of sulfonamides is 1.